The lowest BCUT2D eigenvalue weighted by Gasteiger charge is -2.21. The van der Waals surface area contributed by atoms with Gasteiger partial charge in [0.15, 0.2) is 0 Å². The largest absolute Gasteiger partial charge is 0.341 e. The summed E-state index contributed by atoms with van der Waals surface area (Å²) in [7, 11) is 0. The molecule has 0 spiro atoms. The highest BCUT2D eigenvalue weighted by Gasteiger charge is 2.20. The standard InChI is InChI=1S/C14H24N4/c1-3-7-18(8-4-2)14-16-10-12(11-17-14)9-15-13-5-6-13/h10-11,13,15H,3-9H2,1-2H3. The van der Waals surface area contributed by atoms with Gasteiger partial charge in [-0.15, -0.1) is 0 Å². The second-order valence-electron chi connectivity index (χ2n) is 5.03. The van der Waals surface area contributed by atoms with Gasteiger partial charge in [0.05, 0.1) is 0 Å². The smallest absolute Gasteiger partial charge is 0.225 e. The Bertz CT molecular complexity index is 339. The van der Waals surface area contributed by atoms with E-state index in [1.165, 1.54) is 18.4 Å². The fraction of sp³-hybridized carbons (Fsp3) is 0.714. The number of hydrogen-bond donors (Lipinski definition) is 1. The molecule has 1 saturated carbocycles. The molecule has 0 aliphatic heterocycles. The van der Waals surface area contributed by atoms with Crippen LogP contribution >= 0.6 is 0 Å². The van der Waals surface area contributed by atoms with E-state index in [0.717, 1.165) is 44.5 Å². The zero-order chi connectivity index (χ0) is 12.8. The second-order valence-corrected chi connectivity index (χ2v) is 5.03. The van der Waals surface area contributed by atoms with Crippen LogP contribution < -0.4 is 10.2 Å². The minimum atomic E-state index is 0.737. The van der Waals surface area contributed by atoms with Gasteiger partial charge in [0.25, 0.3) is 0 Å². The van der Waals surface area contributed by atoms with Gasteiger partial charge < -0.3 is 10.2 Å². The predicted molar refractivity (Wildman–Crippen MR) is 74.7 cm³/mol. The molecule has 2 rings (SSSR count). The van der Waals surface area contributed by atoms with Crippen molar-refractivity contribution in [2.75, 3.05) is 18.0 Å². The summed E-state index contributed by atoms with van der Waals surface area (Å²) in [6, 6.07) is 0.737. The number of nitrogens with one attached hydrogen (secondary N) is 1. The zero-order valence-electron chi connectivity index (χ0n) is 11.5. The van der Waals surface area contributed by atoms with Crippen LogP contribution in [0.3, 0.4) is 0 Å². The van der Waals surface area contributed by atoms with E-state index < -0.39 is 0 Å². The Kier molecular flexibility index (Phi) is 4.93. The Labute approximate surface area is 110 Å². The molecule has 1 aliphatic rings. The third-order valence-electron chi connectivity index (χ3n) is 3.13. The summed E-state index contributed by atoms with van der Waals surface area (Å²) in [5, 5.41) is 3.48. The van der Waals surface area contributed by atoms with Crippen molar-refractivity contribution in [2.45, 2.75) is 52.1 Å². The van der Waals surface area contributed by atoms with Crippen molar-refractivity contribution in [1.29, 1.82) is 0 Å². The van der Waals surface area contributed by atoms with Crippen LogP contribution in [-0.2, 0) is 6.54 Å². The first-order chi connectivity index (χ1) is 8.83. The Morgan fingerprint density at radius 1 is 1.17 bits per heavy atom. The van der Waals surface area contributed by atoms with Crippen molar-refractivity contribution < 1.29 is 0 Å². The summed E-state index contributed by atoms with van der Waals surface area (Å²) in [5.74, 6) is 0.869. The van der Waals surface area contributed by atoms with E-state index in [1.54, 1.807) is 0 Å². The molecule has 1 N–H and O–H groups in total. The lowest BCUT2D eigenvalue weighted by Crippen LogP contribution is -2.27. The van der Waals surface area contributed by atoms with Crippen molar-refractivity contribution in [3.8, 4) is 0 Å². The second kappa shape index (κ2) is 6.69. The molecule has 1 heterocycles. The van der Waals surface area contributed by atoms with Crippen LogP contribution in [0.4, 0.5) is 5.95 Å². The van der Waals surface area contributed by atoms with Crippen molar-refractivity contribution in [1.82, 2.24) is 15.3 Å². The molecule has 1 aromatic rings. The Morgan fingerprint density at radius 2 is 1.78 bits per heavy atom. The summed E-state index contributed by atoms with van der Waals surface area (Å²) in [4.78, 5) is 11.2. The number of anilines is 1. The molecule has 0 unspecified atom stereocenters. The molecule has 0 bridgehead atoms. The Hall–Kier alpha value is -1.16. The lowest BCUT2D eigenvalue weighted by atomic mass is 10.3. The summed E-state index contributed by atoms with van der Waals surface area (Å²) in [6.45, 7) is 7.35. The van der Waals surface area contributed by atoms with Crippen LogP contribution in [0.2, 0.25) is 0 Å². The molecular weight excluding hydrogens is 224 g/mol. The molecule has 100 valence electrons. The van der Waals surface area contributed by atoms with Gasteiger partial charge in [0.1, 0.15) is 0 Å². The lowest BCUT2D eigenvalue weighted by molar-refractivity contribution is 0.679. The van der Waals surface area contributed by atoms with Crippen LogP contribution in [-0.4, -0.2) is 29.1 Å². The molecule has 0 amide bonds. The molecule has 0 aromatic carbocycles. The molecule has 1 fully saturated rings. The van der Waals surface area contributed by atoms with Gasteiger partial charge >= 0.3 is 0 Å². The number of aromatic nitrogens is 2. The number of rotatable bonds is 8. The average Bonchev–Trinajstić information content (AvgIpc) is 3.21. The topological polar surface area (TPSA) is 41.1 Å². The Morgan fingerprint density at radius 3 is 2.28 bits per heavy atom. The molecule has 0 atom stereocenters. The van der Waals surface area contributed by atoms with Gasteiger partial charge in [-0.2, -0.15) is 0 Å². The normalized spacial score (nSPS) is 14.8. The summed E-state index contributed by atoms with van der Waals surface area (Å²) < 4.78 is 0. The maximum absolute atomic E-state index is 4.49. The predicted octanol–water partition coefficient (Wildman–Crippen LogP) is 2.36. The molecule has 0 radical (unpaired) electrons. The first kappa shape index (κ1) is 13.3. The third kappa shape index (κ3) is 3.95. The number of hydrogen-bond acceptors (Lipinski definition) is 4. The van der Waals surface area contributed by atoms with E-state index in [2.05, 4.69) is 34.0 Å². The van der Waals surface area contributed by atoms with E-state index in [9.17, 15) is 0 Å². The highest BCUT2D eigenvalue weighted by atomic mass is 15.2. The van der Waals surface area contributed by atoms with Crippen LogP contribution in [0, 0.1) is 0 Å². The third-order valence-corrected chi connectivity index (χ3v) is 3.13. The Balaban J connectivity index is 1.90. The van der Waals surface area contributed by atoms with E-state index in [1.807, 2.05) is 12.4 Å². The SMILES string of the molecule is CCCN(CCC)c1ncc(CNC2CC2)cn1. The van der Waals surface area contributed by atoms with Crippen LogP contribution in [0.5, 0.6) is 0 Å². The molecule has 1 aromatic heterocycles. The molecule has 18 heavy (non-hydrogen) atoms. The minimum Gasteiger partial charge on any atom is -0.341 e. The molecule has 4 heteroatoms. The van der Waals surface area contributed by atoms with Crippen molar-refractivity contribution in [3.05, 3.63) is 18.0 Å². The van der Waals surface area contributed by atoms with Gasteiger partial charge in [-0.05, 0) is 25.7 Å². The highest BCUT2D eigenvalue weighted by Crippen LogP contribution is 2.19. The first-order valence-corrected chi connectivity index (χ1v) is 7.12. The summed E-state index contributed by atoms with van der Waals surface area (Å²) in [5.41, 5.74) is 1.18. The van der Waals surface area contributed by atoms with Crippen LogP contribution in [0.1, 0.15) is 45.1 Å². The van der Waals surface area contributed by atoms with Gasteiger partial charge in [0, 0.05) is 43.6 Å². The molecule has 4 nitrogen and oxygen atoms in total. The maximum Gasteiger partial charge on any atom is 0.225 e. The average molecular weight is 248 g/mol. The highest BCUT2D eigenvalue weighted by molar-refractivity contribution is 5.29. The zero-order valence-corrected chi connectivity index (χ0v) is 11.5. The van der Waals surface area contributed by atoms with Crippen molar-refractivity contribution >= 4 is 5.95 Å². The van der Waals surface area contributed by atoms with E-state index >= 15 is 0 Å². The number of nitrogens with zero attached hydrogens (tertiary/aromatic N) is 3. The van der Waals surface area contributed by atoms with Gasteiger partial charge in [-0.25, -0.2) is 9.97 Å². The molecular formula is C14H24N4. The monoisotopic (exact) mass is 248 g/mol. The van der Waals surface area contributed by atoms with Crippen molar-refractivity contribution in [2.24, 2.45) is 0 Å². The van der Waals surface area contributed by atoms with Gasteiger partial charge in [-0.3, -0.25) is 0 Å². The van der Waals surface area contributed by atoms with E-state index in [4.69, 9.17) is 0 Å². The quantitative estimate of drug-likeness (QED) is 0.767. The fourth-order valence-corrected chi connectivity index (χ4v) is 2.00. The summed E-state index contributed by atoms with van der Waals surface area (Å²) >= 11 is 0. The minimum absolute atomic E-state index is 0.737. The van der Waals surface area contributed by atoms with E-state index in [0.29, 0.717) is 0 Å². The molecule has 0 saturated heterocycles. The van der Waals surface area contributed by atoms with Gasteiger partial charge in [0.2, 0.25) is 5.95 Å². The van der Waals surface area contributed by atoms with E-state index in [-0.39, 0.29) is 0 Å². The summed E-state index contributed by atoms with van der Waals surface area (Å²) in [6.07, 6.45) is 8.81. The van der Waals surface area contributed by atoms with Crippen LogP contribution in [0.25, 0.3) is 0 Å². The first-order valence-electron chi connectivity index (χ1n) is 7.12. The maximum atomic E-state index is 4.49. The van der Waals surface area contributed by atoms with Crippen LogP contribution in [0.15, 0.2) is 12.4 Å². The fourth-order valence-electron chi connectivity index (χ4n) is 2.00. The van der Waals surface area contributed by atoms with Gasteiger partial charge in [-0.1, -0.05) is 13.8 Å². The van der Waals surface area contributed by atoms with Crippen molar-refractivity contribution in [3.63, 3.8) is 0 Å². The molecule has 1 aliphatic carbocycles.